The summed E-state index contributed by atoms with van der Waals surface area (Å²) < 4.78 is 43.4. The number of ether oxygens (including phenoxy) is 2. The van der Waals surface area contributed by atoms with Gasteiger partial charge in [-0.15, -0.1) is 0 Å². The Morgan fingerprint density at radius 1 is 1.21 bits per heavy atom. The van der Waals surface area contributed by atoms with Gasteiger partial charge in [0, 0.05) is 31.8 Å². The molecule has 10 nitrogen and oxygen atoms in total. The van der Waals surface area contributed by atoms with Crippen LogP contribution in [0.25, 0.3) is 11.1 Å². The molecule has 2 aromatic heterocycles. The molecule has 0 spiro atoms. The maximum Gasteiger partial charge on any atom is 0.417 e. The van der Waals surface area contributed by atoms with Gasteiger partial charge in [-0.3, -0.25) is 14.6 Å². The van der Waals surface area contributed by atoms with Crippen LogP contribution in [0.2, 0.25) is 0 Å². The molecule has 3 heterocycles. The third kappa shape index (κ3) is 4.75. The zero-order chi connectivity index (χ0) is 20.3. The van der Waals surface area contributed by atoms with Crippen molar-refractivity contribution in [2.75, 3.05) is 44.2 Å². The van der Waals surface area contributed by atoms with E-state index in [9.17, 15) is 13.2 Å². The zero-order valence-electron chi connectivity index (χ0n) is 15.5. The van der Waals surface area contributed by atoms with Gasteiger partial charge in [0.15, 0.2) is 5.58 Å². The Hall–Kier alpha value is -2.89. The van der Waals surface area contributed by atoms with Crippen molar-refractivity contribution in [2.45, 2.75) is 4.90 Å². The van der Waals surface area contributed by atoms with E-state index in [4.69, 9.17) is 13.9 Å². The number of anilines is 1. The number of oxazole rings is 1. The number of nitrogens with one attached hydrogen (secondary N) is 2. The van der Waals surface area contributed by atoms with E-state index in [0.717, 1.165) is 32.8 Å². The predicted octanol–water partition coefficient (Wildman–Crippen LogP) is 1.03. The molecule has 1 saturated heterocycles. The molecule has 4 rings (SSSR count). The van der Waals surface area contributed by atoms with E-state index < -0.39 is 15.8 Å². The lowest BCUT2D eigenvalue weighted by atomic mass is 10.3. The summed E-state index contributed by atoms with van der Waals surface area (Å²) in [5.74, 6) is -0.229. The SMILES string of the molecule is O=c1[nH]c2ccc(S(=O)(=O)Nc3ccc(OCCN4CCOCC4)nc3)cc2o1. The number of aromatic amines is 1. The standard InChI is InChI=1S/C18H20N4O6S/c23-18-20-15-3-2-14(11-16(15)28-18)29(24,25)21-13-1-4-17(19-12-13)27-10-7-22-5-8-26-9-6-22/h1-4,11-12,21H,5-10H2,(H,20,23). The molecule has 1 aliphatic rings. The highest BCUT2D eigenvalue weighted by Gasteiger charge is 2.16. The minimum absolute atomic E-state index is 0.0291. The molecule has 3 aromatic rings. The highest BCUT2D eigenvalue weighted by Crippen LogP contribution is 2.20. The molecule has 0 amide bonds. The van der Waals surface area contributed by atoms with Gasteiger partial charge >= 0.3 is 5.76 Å². The van der Waals surface area contributed by atoms with Crippen molar-refractivity contribution in [2.24, 2.45) is 0 Å². The fourth-order valence-electron chi connectivity index (χ4n) is 2.94. The van der Waals surface area contributed by atoms with Crippen LogP contribution < -0.4 is 15.2 Å². The lowest BCUT2D eigenvalue weighted by Gasteiger charge is -2.26. The van der Waals surface area contributed by atoms with Crippen molar-refractivity contribution in [3.63, 3.8) is 0 Å². The summed E-state index contributed by atoms with van der Waals surface area (Å²) in [6, 6.07) is 7.31. The topological polar surface area (TPSA) is 127 Å². The van der Waals surface area contributed by atoms with Gasteiger partial charge in [-0.1, -0.05) is 0 Å². The Labute approximate surface area is 166 Å². The van der Waals surface area contributed by atoms with Crippen molar-refractivity contribution in [1.82, 2.24) is 14.9 Å². The van der Waals surface area contributed by atoms with Gasteiger partial charge in [-0.25, -0.2) is 18.2 Å². The third-order valence-electron chi connectivity index (χ3n) is 4.45. The first-order valence-corrected chi connectivity index (χ1v) is 10.5. The second-order valence-electron chi connectivity index (χ2n) is 6.47. The quantitative estimate of drug-likeness (QED) is 0.580. The van der Waals surface area contributed by atoms with Gasteiger partial charge in [0.1, 0.15) is 6.61 Å². The lowest BCUT2D eigenvalue weighted by Crippen LogP contribution is -2.38. The highest BCUT2D eigenvalue weighted by molar-refractivity contribution is 7.92. The van der Waals surface area contributed by atoms with Crippen molar-refractivity contribution < 1.29 is 22.3 Å². The normalized spacial score (nSPS) is 15.4. The molecule has 0 unspecified atom stereocenters. The molecule has 0 atom stereocenters. The Balaban J connectivity index is 1.37. The molecule has 1 aliphatic heterocycles. The minimum Gasteiger partial charge on any atom is -0.476 e. The second kappa shape index (κ2) is 8.23. The van der Waals surface area contributed by atoms with Gasteiger partial charge in [0.05, 0.1) is 35.5 Å². The number of sulfonamides is 1. The zero-order valence-corrected chi connectivity index (χ0v) is 16.3. The van der Waals surface area contributed by atoms with Gasteiger partial charge in [0.2, 0.25) is 5.88 Å². The first-order valence-electron chi connectivity index (χ1n) is 9.04. The van der Waals surface area contributed by atoms with E-state index in [0.29, 0.717) is 23.7 Å². The number of nitrogens with zero attached hydrogens (tertiary/aromatic N) is 2. The monoisotopic (exact) mass is 420 g/mol. The molecule has 11 heteroatoms. The molecular formula is C18H20N4O6S. The van der Waals surface area contributed by atoms with E-state index >= 15 is 0 Å². The van der Waals surface area contributed by atoms with Crippen LogP contribution in [-0.2, 0) is 14.8 Å². The van der Waals surface area contributed by atoms with Crippen LogP contribution in [0.3, 0.4) is 0 Å². The number of pyridine rings is 1. The first kappa shape index (κ1) is 19.4. The van der Waals surface area contributed by atoms with Crippen molar-refractivity contribution in [1.29, 1.82) is 0 Å². The van der Waals surface area contributed by atoms with Crippen molar-refractivity contribution in [3.8, 4) is 5.88 Å². The molecule has 154 valence electrons. The van der Waals surface area contributed by atoms with Crippen LogP contribution in [0.1, 0.15) is 0 Å². The fraction of sp³-hybridized carbons (Fsp3) is 0.333. The van der Waals surface area contributed by atoms with Gasteiger partial charge in [0.25, 0.3) is 10.0 Å². The van der Waals surface area contributed by atoms with Gasteiger partial charge < -0.3 is 13.9 Å². The summed E-state index contributed by atoms with van der Waals surface area (Å²) in [4.78, 5) is 20.0. The van der Waals surface area contributed by atoms with E-state index in [-0.39, 0.29) is 10.5 Å². The number of aromatic nitrogens is 2. The van der Waals surface area contributed by atoms with Crippen LogP contribution in [0.5, 0.6) is 5.88 Å². The summed E-state index contributed by atoms with van der Waals surface area (Å²) in [6.07, 6.45) is 1.39. The Kier molecular flexibility index (Phi) is 5.51. The molecule has 1 aromatic carbocycles. The highest BCUT2D eigenvalue weighted by atomic mass is 32.2. The second-order valence-corrected chi connectivity index (χ2v) is 8.15. The predicted molar refractivity (Wildman–Crippen MR) is 105 cm³/mol. The average Bonchev–Trinajstić information content (AvgIpc) is 3.09. The van der Waals surface area contributed by atoms with E-state index in [1.165, 1.54) is 24.4 Å². The van der Waals surface area contributed by atoms with Gasteiger partial charge in [-0.2, -0.15) is 0 Å². The molecule has 0 radical (unpaired) electrons. The fourth-order valence-corrected chi connectivity index (χ4v) is 4.00. The molecule has 1 fully saturated rings. The molecule has 0 saturated carbocycles. The third-order valence-corrected chi connectivity index (χ3v) is 5.83. The molecule has 29 heavy (non-hydrogen) atoms. The number of H-pyrrole nitrogens is 1. The van der Waals surface area contributed by atoms with Crippen LogP contribution in [0.15, 0.2) is 50.6 Å². The molecular weight excluding hydrogens is 400 g/mol. The number of hydrogen-bond acceptors (Lipinski definition) is 8. The largest absolute Gasteiger partial charge is 0.476 e. The molecule has 2 N–H and O–H groups in total. The summed E-state index contributed by atoms with van der Waals surface area (Å²) in [7, 11) is -3.87. The number of rotatable bonds is 7. The first-order chi connectivity index (χ1) is 14.0. The van der Waals surface area contributed by atoms with Crippen LogP contribution in [0.4, 0.5) is 5.69 Å². The minimum atomic E-state index is -3.87. The van der Waals surface area contributed by atoms with Crippen LogP contribution in [0, 0.1) is 0 Å². The summed E-state index contributed by atoms with van der Waals surface area (Å²) in [6.45, 7) is 4.49. The van der Waals surface area contributed by atoms with Gasteiger partial charge in [-0.05, 0) is 18.2 Å². The van der Waals surface area contributed by atoms with Crippen molar-refractivity contribution in [3.05, 3.63) is 47.1 Å². The lowest BCUT2D eigenvalue weighted by molar-refractivity contribution is 0.0320. The summed E-state index contributed by atoms with van der Waals surface area (Å²) >= 11 is 0. The maximum absolute atomic E-state index is 12.6. The smallest absolute Gasteiger partial charge is 0.417 e. The van der Waals surface area contributed by atoms with E-state index in [1.54, 1.807) is 12.1 Å². The number of hydrogen-bond donors (Lipinski definition) is 2. The van der Waals surface area contributed by atoms with Crippen LogP contribution in [-0.4, -0.2) is 62.7 Å². The van der Waals surface area contributed by atoms with E-state index in [1.807, 2.05) is 0 Å². The Morgan fingerprint density at radius 2 is 2.03 bits per heavy atom. The molecule has 0 bridgehead atoms. The maximum atomic E-state index is 12.6. The average molecular weight is 420 g/mol. The van der Waals surface area contributed by atoms with Crippen molar-refractivity contribution >= 4 is 26.8 Å². The summed E-state index contributed by atoms with van der Waals surface area (Å²) in [5, 5.41) is 0. The van der Waals surface area contributed by atoms with Crippen LogP contribution >= 0.6 is 0 Å². The number of morpholine rings is 1. The number of benzene rings is 1. The summed E-state index contributed by atoms with van der Waals surface area (Å²) in [5.41, 5.74) is 0.885. The number of fused-ring (bicyclic) bond motifs is 1. The van der Waals surface area contributed by atoms with E-state index in [2.05, 4.69) is 19.6 Å². The Morgan fingerprint density at radius 3 is 2.79 bits per heavy atom. The Bertz CT molecular complexity index is 1130. The molecule has 0 aliphatic carbocycles.